The van der Waals surface area contributed by atoms with Gasteiger partial charge in [0.1, 0.15) is 11.6 Å². The van der Waals surface area contributed by atoms with E-state index in [1.165, 1.54) is 30.0 Å². The number of amides is 1. The third-order valence-electron chi connectivity index (χ3n) is 3.63. The molecular formula is C18H16ClFN4O2S. The summed E-state index contributed by atoms with van der Waals surface area (Å²) in [6, 6.07) is 10.9. The standard InChI is InChI=1S/C18H16ClFN4O2S/c1-10(17(25)21-13-5-3-4-12(20)9-13)27-18-22-16(23-24-18)14-8-11(19)6-7-15(14)26-2/h3-10H,1-2H3,(H,21,25)(H,22,23,24)/t10-/m1/s1. The molecule has 0 fully saturated rings. The van der Waals surface area contributed by atoms with Gasteiger partial charge in [-0.15, -0.1) is 5.10 Å². The van der Waals surface area contributed by atoms with Gasteiger partial charge in [-0.05, 0) is 43.3 Å². The largest absolute Gasteiger partial charge is 0.496 e. The fraction of sp³-hybridized carbons (Fsp3) is 0.167. The maximum atomic E-state index is 13.2. The first-order chi connectivity index (χ1) is 13.0. The van der Waals surface area contributed by atoms with Gasteiger partial charge in [-0.2, -0.15) is 0 Å². The number of hydrogen-bond donors (Lipinski definition) is 2. The number of aromatic nitrogens is 3. The minimum Gasteiger partial charge on any atom is -0.496 e. The van der Waals surface area contributed by atoms with E-state index in [0.29, 0.717) is 33.0 Å². The van der Waals surface area contributed by atoms with Crippen molar-refractivity contribution in [2.45, 2.75) is 17.3 Å². The first-order valence-corrected chi connectivity index (χ1v) is 9.21. The monoisotopic (exact) mass is 406 g/mol. The number of benzene rings is 2. The van der Waals surface area contributed by atoms with Crippen LogP contribution in [-0.4, -0.2) is 33.4 Å². The molecule has 0 radical (unpaired) electrons. The molecule has 0 saturated carbocycles. The fourth-order valence-electron chi connectivity index (χ4n) is 2.31. The second-order valence-electron chi connectivity index (χ2n) is 5.57. The Morgan fingerprint density at radius 2 is 2.15 bits per heavy atom. The average Bonchev–Trinajstić information content (AvgIpc) is 3.10. The summed E-state index contributed by atoms with van der Waals surface area (Å²) in [7, 11) is 1.55. The summed E-state index contributed by atoms with van der Waals surface area (Å²) >= 11 is 7.22. The van der Waals surface area contributed by atoms with Crippen LogP contribution in [0.15, 0.2) is 47.6 Å². The predicted octanol–water partition coefficient (Wildman–Crippen LogP) is 4.39. The number of halogens is 2. The van der Waals surface area contributed by atoms with Crippen molar-refractivity contribution in [3.8, 4) is 17.1 Å². The Kier molecular flexibility index (Phi) is 5.98. The number of anilines is 1. The molecule has 140 valence electrons. The van der Waals surface area contributed by atoms with E-state index in [0.717, 1.165) is 0 Å². The smallest absolute Gasteiger partial charge is 0.237 e. The summed E-state index contributed by atoms with van der Waals surface area (Å²) < 4.78 is 18.5. The summed E-state index contributed by atoms with van der Waals surface area (Å²) in [6.45, 7) is 1.72. The van der Waals surface area contributed by atoms with Gasteiger partial charge in [-0.1, -0.05) is 29.4 Å². The number of nitrogens with one attached hydrogen (secondary N) is 2. The van der Waals surface area contributed by atoms with Crippen LogP contribution in [0.5, 0.6) is 5.75 Å². The molecule has 0 spiro atoms. The van der Waals surface area contributed by atoms with Gasteiger partial charge in [0, 0.05) is 10.7 Å². The number of carbonyl (C=O) groups is 1. The molecule has 1 atom stereocenters. The molecule has 3 rings (SSSR count). The van der Waals surface area contributed by atoms with E-state index in [4.69, 9.17) is 16.3 Å². The minimum absolute atomic E-state index is 0.280. The van der Waals surface area contributed by atoms with Crippen LogP contribution >= 0.6 is 23.4 Å². The van der Waals surface area contributed by atoms with E-state index < -0.39 is 11.1 Å². The summed E-state index contributed by atoms with van der Waals surface area (Å²) in [5, 5.41) is 10.1. The number of nitrogens with zero attached hydrogens (tertiary/aromatic N) is 2. The van der Waals surface area contributed by atoms with Gasteiger partial charge in [-0.3, -0.25) is 9.89 Å². The molecule has 2 N–H and O–H groups in total. The van der Waals surface area contributed by atoms with Crippen LogP contribution in [0.1, 0.15) is 6.92 Å². The first kappa shape index (κ1) is 19.2. The highest BCUT2D eigenvalue weighted by Crippen LogP contribution is 2.31. The van der Waals surface area contributed by atoms with E-state index in [2.05, 4.69) is 20.5 Å². The van der Waals surface area contributed by atoms with Gasteiger partial charge in [0.05, 0.1) is 17.9 Å². The lowest BCUT2D eigenvalue weighted by Crippen LogP contribution is -2.22. The van der Waals surface area contributed by atoms with Crippen LogP contribution in [0.2, 0.25) is 5.02 Å². The molecule has 0 aliphatic carbocycles. The van der Waals surface area contributed by atoms with Crippen molar-refractivity contribution < 1.29 is 13.9 Å². The second kappa shape index (κ2) is 8.41. The highest BCUT2D eigenvalue weighted by Gasteiger charge is 2.19. The maximum Gasteiger partial charge on any atom is 0.237 e. The average molecular weight is 407 g/mol. The van der Waals surface area contributed by atoms with Gasteiger partial charge in [-0.25, -0.2) is 9.37 Å². The molecule has 0 unspecified atom stereocenters. The Morgan fingerprint density at radius 3 is 2.89 bits per heavy atom. The topological polar surface area (TPSA) is 79.9 Å². The zero-order valence-electron chi connectivity index (χ0n) is 14.5. The molecule has 6 nitrogen and oxygen atoms in total. The number of hydrogen-bond acceptors (Lipinski definition) is 5. The molecule has 0 bridgehead atoms. The SMILES string of the molecule is COc1ccc(Cl)cc1-c1nc(S[C@H](C)C(=O)Nc2cccc(F)c2)n[nH]1. The lowest BCUT2D eigenvalue weighted by Gasteiger charge is -2.10. The van der Waals surface area contributed by atoms with Crippen molar-refractivity contribution in [2.75, 3.05) is 12.4 Å². The molecule has 2 aromatic carbocycles. The number of ether oxygens (including phenoxy) is 1. The molecule has 9 heteroatoms. The Labute approximate surface area is 164 Å². The Morgan fingerprint density at radius 1 is 1.33 bits per heavy atom. The van der Waals surface area contributed by atoms with Gasteiger partial charge >= 0.3 is 0 Å². The highest BCUT2D eigenvalue weighted by atomic mass is 35.5. The first-order valence-electron chi connectivity index (χ1n) is 7.95. The molecule has 3 aromatic rings. The van der Waals surface area contributed by atoms with Crippen LogP contribution < -0.4 is 10.1 Å². The van der Waals surface area contributed by atoms with Crippen molar-refractivity contribution in [1.82, 2.24) is 15.2 Å². The molecule has 1 aromatic heterocycles. The summed E-state index contributed by atoms with van der Waals surface area (Å²) in [4.78, 5) is 16.7. The van der Waals surface area contributed by atoms with Crippen LogP contribution in [0.4, 0.5) is 10.1 Å². The van der Waals surface area contributed by atoms with E-state index in [9.17, 15) is 9.18 Å². The fourth-order valence-corrected chi connectivity index (χ4v) is 3.20. The summed E-state index contributed by atoms with van der Waals surface area (Å²) in [6.07, 6.45) is 0. The van der Waals surface area contributed by atoms with E-state index in [-0.39, 0.29) is 5.91 Å². The third kappa shape index (κ3) is 4.78. The number of rotatable bonds is 6. The molecule has 0 saturated heterocycles. The second-order valence-corrected chi connectivity index (χ2v) is 7.32. The quantitative estimate of drug-likeness (QED) is 0.593. The van der Waals surface area contributed by atoms with Gasteiger partial charge < -0.3 is 10.1 Å². The summed E-state index contributed by atoms with van der Waals surface area (Å²) in [5.41, 5.74) is 1.06. The zero-order chi connectivity index (χ0) is 19.4. The molecule has 0 aliphatic rings. The number of aromatic amines is 1. The van der Waals surface area contributed by atoms with Crippen molar-refractivity contribution in [2.24, 2.45) is 0 Å². The number of carbonyl (C=O) groups excluding carboxylic acids is 1. The van der Waals surface area contributed by atoms with Gasteiger partial charge in [0.25, 0.3) is 0 Å². The van der Waals surface area contributed by atoms with Crippen molar-refractivity contribution in [3.63, 3.8) is 0 Å². The number of methoxy groups -OCH3 is 1. The van der Waals surface area contributed by atoms with E-state index in [1.807, 2.05) is 0 Å². The predicted molar refractivity (Wildman–Crippen MR) is 104 cm³/mol. The van der Waals surface area contributed by atoms with E-state index in [1.54, 1.807) is 38.3 Å². The highest BCUT2D eigenvalue weighted by molar-refractivity contribution is 8.00. The van der Waals surface area contributed by atoms with Crippen LogP contribution in [0.25, 0.3) is 11.4 Å². The normalized spacial score (nSPS) is 11.9. The molecular weight excluding hydrogens is 391 g/mol. The van der Waals surface area contributed by atoms with Crippen molar-refractivity contribution in [1.29, 1.82) is 0 Å². The summed E-state index contributed by atoms with van der Waals surface area (Å²) in [5.74, 6) is 0.387. The zero-order valence-corrected chi connectivity index (χ0v) is 16.1. The van der Waals surface area contributed by atoms with Crippen LogP contribution in [0, 0.1) is 5.82 Å². The number of thioether (sulfide) groups is 1. The Bertz CT molecular complexity index is 966. The Balaban J connectivity index is 1.70. The van der Waals surface area contributed by atoms with Gasteiger partial charge in [0.2, 0.25) is 11.1 Å². The van der Waals surface area contributed by atoms with E-state index >= 15 is 0 Å². The lowest BCUT2D eigenvalue weighted by molar-refractivity contribution is -0.115. The number of H-pyrrole nitrogens is 1. The van der Waals surface area contributed by atoms with Crippen LogP contribution in [0.3, 0.4) is 0 Å². The van der Waals surface area contributed by atoms with Crippen LogP contribution in [-0.2, 0) is 4.79 Å². The van der Waals surface area contributed by atoms with Gasteiger partial charge in [0.15, 0.2) is 5.82 Å². The molecule has 27 heavy (non-hydrogen) atoms. The molecule has 1 heterocycles. The lowest BCUT2D eigenvalue weighted by atomic mass is 10.2. The Hall–Kier alpha value is -2.58. The van der Waals surface area contributed by atoms with Crippen molar-refractivity contribution >= 4 is 35.0 Å². The third-order valence-corrected chi connectivity index (χ3v) is 4.82. The maximum absolute atomic E-state index is 13.2. The molecule has 0 aliphatic heterocycles. The molecule has 1 amide bonds. The minimum atomic E-state index is -0.488. The van der Waals surface area contributed by atoms with Crippen molar-refractivity contribution in [3.05, 3.63) is 53.3 Å².